The number of hydrogen-bond donors (Lipinski definition) is 0. The second kappa shape index (κ2) is 27.1. The highest BCUT2D eigenvalue weighted by molar-refractivity contribution is 5.72. The second-order valence-corrected chi connectivity index (χ2v) is 10.9. The Morgan fingerprint density at radius 2 is 0.735 bits per heavy atom. The summed E-state index contributed by atoms with van der Waals surface area (Å²) in [6.45, 7) is 9.07. The van der Waals surface area contributed by atoms with E-state index in [1.54, 1.807) is 0 Å². The molecule has 0 saturated heterocycles. The SMILES string of the molecule is CCCCCCCCCC(CCCCCC)OC(=O)C(CCCCCC)CCCCCCCC. The molecule has 34 heavy (non-hydrogen) atoms. The van der Waals surface area contributed by atoms with Gasteiger partial charge in [0.05, 0.1) is 5.92 Å². The Labute approximate surface area is 215 Å². The molecule has 0 aromatic rings. The van der Waals surface area contributed by atoms with Crippen LogP contribution in [-0.4, -0.2) is 12.1 Å². The topological polar surface area (TPSA) is 26.3 Å². The van der Waals surface area contributed by atoms with Crippen LogP contribution in [0.1, 0.15) is 188 Å². The van der Waals surface area contributed by atoms with E-state index in [0.717, 1.165) is 25.7 Å². The molecule has 2 heteroatoms. The molecule has 0 N–H and O–H groups in total. The molecule has 0 bridgehead atoms. The lowest BCUT2D eigenvalue weighted by Crippen LogP contribution is -2.25. The van der Waals surface area contributed by atoms with Gasteiger partial charge in [-0.3, -0.25) is 4.79 Å². The quantitative estimate of drug-likeness (QED) is 0.0862. The lowest BCUT2D eigenvalue weighted by Gasteiger charge is -2.22. The Morgan fingerprint density at radius 3 is 1.12 bits per heavy atom. The molecule has 0 heterocycles. The third-order valence-electron chi connectivity index (χ3n) is 7.44. The number of esters is 1. The molecular weight excluding hydrogens is 416 g/mol. The first-order valence-electron chi connectivity index (χ1n) is 15.9. The highest BCUT2D eigenvalue weighted by Crippen LogP contribution is 2.23. The van der Waals surface area contributed by atoms with Crippen LogP contribution in [0.5, 0.6) is 0 Å². The largest absolute Gasteiger partial charge is 0.462 e. The standard InChI is InChI=1S/C32H64O2/c1-5-9-13-17-19-21-25-29-31(28-24-16-12-8-4)34-32(33)30(26-22-15-11-7-3)27-23-20-18-14-10-6-2/h30-31H,5-29H2,1-4H3. The number of carbonyl (C=O) groups is 1. The number of hydrogen-bond acceptors (Lipinski definition) is 2. The van der Waals surface area contributed by atoms with Gasteiger partial charge in [0.2, 0.25) is 0 Å². The molecule has 0 aliphatic carbocycles. The molecule has 0 rings (SSSR count). The Hall–Kier alpha value is -0.530. The molecule has 0 fully saturated rings. The van der Waals surface area contributed by atoms with E-state index in [0.29, 0.717) is 0 Å². The summed E-state index contributed by atoms with van der Waals surface area (Å²) < 4.78 is 6.25. The number of carbonyl (C=O) groups excluding carboxylic acids is 1. The summed E-state index contributed by atoms with van der Waals surface area (Å²) in [4.78, 5) is 13.3. The molecule has 204 valence electrons. The van der Waals surface area contributed by atoms with Crippen LogP contribution in [0.3, 0.4) is 0 Å². The first-order chi connectivity index (χ1) is 16.7. The summed E-state index contributed by atoms with van der Waals surface area (Å²) in [7, 11) is 0. The molecule has 0 spiro atoms. The van der Waals surface area contributed by atoms with Crippen LogP contribution in [0.15, 0.2) is 0 Å². The zero-order valence-electron chi connectivity index (χ0n) is 24.1. The normalized spacial score (nSPS) is 13.2. The summed E-state index contributed by atoms with van der Waals surface area (Å²) in [6, 6.07) is 0. The second-order valence-electron chi connectivity index (χ2n) is 10.9. The fraction of sp³-hybridized carbons (Fsp3) is 0.969. The summed E-state index contributed by atoms with van der Waals surface area (Å²) in [6.07, 6.45) is 31.5. The van der Waals surface area contributed by atoms with Gasteiger partial charge in [-0.25, -0.2) is 0 Å². The van der Waals surface area contributed by atoms with Gasteiger partial charge in [0, 0.05) is 0 Å². The smallest absolute Gasteiger partial charge is 0.309 e. The molecule has 0 aliphatic heterocycles. The van der Waals surface area contributed by atoms with E-state index in [2.05, 4.69) is 27.7 Å². The fourth-order valence-electron chi connectivity index (χ4n) is 5.02. The Balaban J connectivity index is 4.62. The summed E-state index contributed by atoms with van der Waals surface area (Å²) in [5.41, 5.74) is 0. The highest BCUT2D eigenvalue weighted by Gasteiger charge is 2.23. The highest BCUT2D eigenvalue weighted by atomic mass is 16.5. The van der Waals surface area contributed by atoms with E-state index in [1.807, 2.05) is 0 Å². The van der Waals surface area contributed by atoms with Gasteiger partial charge in [-0.05, 0) is 38.5 Å². The van der Waals surface area contributed by atoms with Crippen molar-refractivity contribution in [2.75, 3.05) is 0 Å². The summed E-state index contributed by atoms with van der Waals surface area (Å²) in [5.74, 6) is 0.267. The number of ether oxygens (including phenoxy) is 1. The zero-order valence-corrected chi connectivity index (χ0v) is 24.1. The van der Waals surface area contributed by atoms with Crippen molar-refractivity contribution in [3.05, 3.63) is 0 Å². The van der Waals surface area contributed by atoms with Gasteiger partial charge in [-0.1, -0.05) is 150 Å². The van der Waals surface area contributed by atoms with Crippen LogP contribution in [0.4, 0.5) is 0 Å². The Bertz CT molecular complexity index is 406. The Morgan fingerprint density at radius 1 is 0.441 bits per heavy atom. The lowest BCUT2D eigenvalue weighted by molar-refractivity contribution is -0.155. The molecule has 2 nitrogen and oxygen atoms in total. The predicted molar refractivity (Wildman–Crippen MR) is 151 cm³/mol. The van der Waals surface area contributed by atoms with Crippen LogP contribution >= 0.6 is 0 Å². The molecule has 0 aliphatic rings. The molecule has 0 aromatic carbocycles. The molecular formula is C32H64O2. The van der Waals surface area contributed by atoms with Gasteiger partial charge >= 0.3 is 5.97 Å². The van der Waals surface area contributed by atoms with Gasteiger partial charge in [0.1, 0.15) is 6.10 Å². The van der Waals surface area contributed by atoms with Crippen molar-refractivity contribution < 1.29 is 9.53 Å². The Kier molecular flexibility index (Phi) is 26.6. The van der Waals surface area contributed by atoms with Crippen molar-refractivity contribution in [2.24, 2.45) is 5.92 Å². The number of unbranched alkanes of at least 4 members (excludes halogenated alkanes) is 17. The van der Waals surface area contributed by atoms with E-state index in [-0.39, 0.29) is 18.0 Å². The maximum Gasteiger partial charge on any atom is 0.309 e. The van der Waals surface area contributed by atoms with Crippen LogP contribution < -0.4 is 0 Å². The van der Waals surface area contributed by atoms with Crippen molar-refractivity contribution in [2.45, 2.75) is 194 Å². The molecule has 0 aromatic heterocycles. The summed E-state index contributed by atoms with van der Waals surface area (Å²) in [5, 5.41) is 0. The first-order valence-corrected chi connectivity index (χ1v) is 15.9. The van der Waals surface area contributed by atoms with Crippen LogP contribution in [0.25, 0.3) is 0 Å². The van der Waals surface area contributed by atoms with E-state index >= 15 is 0 Å². The minimum absolute atomic E-state index is 0.133. The van der Waals surface area contributed by atoms with E-state index < -0.39 is 0 Å². The third-order valence-corrected chi connectivity index (χ3v) is 7.44. The lowest BCUT2D eigenvalue weighted by atomic mass is 9.94. The molecule has 2 unspecified atom stereocenters. The van der Waals surface area contributed by atoms with Crippen molar-refractivity contribution in [3.8, 4) is 0 Å². The van der Waals surface area contributed by atoms with Crippen molar-refractivity contribution in [1.82, 2.24) is 0 Å². The van der Waals surface area contributed by atoms with Gasteiger partial charge in [-0.15, -0.1) is 0 Å². The van der Waals surface area contributed by atoms with E-state index in [1.165, 1.54) is 135 Å². The molecule has 2 atom stereocenters. The first kappa shape index (κ1) is 33.5. The van der Waals surface area contributed by atoms with Gasteiger partial charge < -0.3 is 4.74 Å². The predicted octanol–water partition coefficient (Wildman–Crippen LogP) is 11.3. The monoisotopic (exact) mass is 480 g/mol. The third kappa shape index (κ3) is 22.0. The summed E-state index contributed by atoms with van der Waals surface area (Å²) >= 11 is 0. The van der Waals surface area contributed by atoms with Gasteiger partial charge in [0.15, 0.2) is 0 Å². The van der Waals surface area contributed by atoms with Crippen molar-refractivity contribution in [1.29, 1.82) is 0 Å². The van der Waals surface area contributed by atoms with Crippen LogP contribution in [0, 0.1) is 5.92 Å². The minimum Gasteiger partial charge on any atom is -0.462 e. The van der Waals surface area contributed by atoms with Crippen LogP contribution in [-0.2, 0) is 9.53 Å². The molecule has 0 radical (unpaired) electrons. The average Bonchev–Trinajstić information content (AvgIpc) is 2.84. The maximum absolute atomic E-state index is 13.3. The fourth-order valence-corrected chi connectivity index (χ4v) is 5.02. The zero-order chi connectivity index (χ0) is 25.1. The molecule has 0 saturated carbocycles. The van der Waals surface area contributed by atoms with Gasteiger partial charge in [0.25, 0.3) is 0 Å². The van der Waals surface area contributed by atoms with E-state index in [9.17, 15) is 4.79 Å². The maximum atomic E-state index is 13.3. The number of rotatable bonds is 27. The minimum atomic E-state index is 0.133. The van der Waals surface area contributed by atoms with E-state index in [4.69, 9.17) is 4.74 Å². The van der Waals surface area contributed by atoms with Crippen molar-refractivity contribution >= 4 is 5.97 Å². The average molecular weight is 481 g/mol. The van der Waals surface area contributed by atoms with Crippen LogP contribution in [0.2, 0.25) is 0 Å². The molecule has 0 amide bonds. The van der Waals surface area contributed by atoms with Gasteiger partial charge in [-0.2, -0.15) is 0 Å². The van der Waals surface area contributed by atoms with Crippen molar-refractivity contribution in [3.63, 3.8) is 0 Å².